The Kier molecular flexibility index (Phi) is 3.38. The number of nitrogens with zero attached hydrogens (tertiary/aromatic N) is 2. The molecule has 2 aromatic rings. The SMILES string of the molecule is C=CCn1c(O)c(C2=c3cc(Br)ccc3=NC2=O)sc1=N. The molecule has 0 unspecified atom stereocenters. The molecule has 21 heavy (non-hydrogen) atoms. The van der Waals surface area contributed by atoms with Gasteiger partial charge in [-0.3, -0.25) is 14.8 Å². The van der Waals surface area contributed by atoms with E-state index in [4.69, 9.17) is 5.41 Å². The van der Waals surface area contributed by atoms with Crippen molar-refractivity contribution in [3.05, 3.63) is 55.6 Å². The summed E-state index contributed by atoms with van der Waals surface area (Å²) >= 11 is 4.42. The number of benzene rings is 1. The molecule has 3 rings (SSSR count). The van der Waals surface area contributed by atoms with Crippen molar-refractivity contribution in [2.75, 3.05) is 0 Å². The summed E-state index contributed by atoms with van der Waals surface area (Å²) in [5, 5.41) is 19.4. The molecule has 0 spiro atoms. The molecule has 1 aromatic carbocycles. The number of carbonyl (C=O) groups excluding carboxylic acids is 1. The monoisotopic (exact) mass is 363 g/mol. The van der Waals surface area contributed by atoms with Gasteiger partial charge in [-0.05, 0) is 18.2 Å². The highest BCUT2D eigenvalue weighted by atomic mass is 79.9. The molecule has 0 fully saturated rings. The van der Waals surface area contributed by atoms with Crippen molar-refractivity contribution in [2.45, 2.75) is 6.54 Å². The molecule has 0 radical (unpaired) electrons. The van der Waals surface area contributed by atoms with Gasteiger partial charge in [-0.15, -0.1) is 6.58 Å². The fourth-order valence-electron chi connectivity index (χ4n) is 2.18. The van der Waals surface area contributed by atoms with Crippen molar-refractivity contribution in [3.63, 3.8) is 0 Å². The first-order valence-electron chi connectivity index (χ1n) is 6.04. The Labute approximate surface area is 131 Å². The lowest BCUT2D eigenvalue weighted by molar-refractivity contribution is -0.112. The smallest absolute Gasteiger partial charge is 0.279 e. The lowest BCUT2D eigenvalue weighted by atomic mass is 10.1. The summed E-state index contributed by atoms with van der Waals surface area (Å²) in [6.07, 6.45) is 1.59. The Balaban J connectivity index is 2.36. The Morgan fingerprint density at radius 1 is 1.52 bits per heavy atom. The summed E-state index contributed by atoms with van der Waals surface area (Å²) in [6.45, 7) is 3.91. The molecule has 0 aliphatic carbocycles. The van der Waals surface area contributed by atoms with E-state index >= 15 is 0 Å². The van der Waals surface area contributed by atoms with Crippen LogP contribution in [0.4, 0.5) is 0 Å². The second kappa shape index (κ2) is 5.09. The highest BCUT2D eigenvalue weighted by molar-refractivity contribution is 9.10. The van der Waals surface area contributed by atoms with Gasteiger partial charge in [0.25, 0.3) is 5.91 Å². The zero-order chi connectivity index (χ0) is 15.1. The molecular formula is C14H10BrN3O2S. The molecule has 7 heteroatoms. The average molecular weight is 364 g/mol. The van der Waals surface area contributed by atoms with Crippen molar-refractivity contribution in [2.24, 2.45) is 4.99 Å². The number of aromatic hydroxyl groups is 1. The van der Waals surface area contributed by atoms with Gasteiger partial charge in [-0.2, -0.15) is 0 Å². The number of hydrogen-bond donors (Lipinski definition) is 2. The molecule has 1 aliphatic heterocycles. The number of halogens is 1. The van der Waals surface area contributed by atoms with Gasteiger partial charge in [-0.1, -0.05) is 33.3 Å². The highest BCUT2D eigenvalue weighted by Gasteiger charge is 2.25. The van der Waals surface area contributed by atoms with Crippen LogP contribution in [0, 0.1) is 5.41 Å². The van der Waals surface area contributed by atoms with E-state index in [0.717, 1.165) is 15.8 Å². The number of aromatic nitrogens is 1. The van der Waals surface area contributed by atoms with Crippen molar-refractivity contribution in [3.8, 4) is 5.88 Å². The third-order valence-corrected chi connectivity index (χ3v) is 4.60. The maximum absolute atomic E-state index is 12.2. The number of carbonyl (C=O) groups is 1. The third-order valence-electron chi connectivity index (χ3n) is 3.11. The van der Waals surface area contributed by atoms with E-state index in [0.29, 0.717) is 27.6 Å². The number of nitrogens with one attached hydrogen (secondary N) is 1. The zero-order valence-electron chi connectivity index (χ0n) is 10.8. The number of allylic oxidation sites excluding steroid dienone is 1. The lowest BCUT2D eigenvalue weighted by Gasteiger charge is -2.01. The minimum absolute atomic E-state index is 0.101. The summed E-state index contributed by atoms with van der Waals surface area (Å²) in [5.74, 6) is -0.498. The minimum Gasteiger partial charge on any atom is -0.493 e. The molecule has 0 saturated carbocycles. The van der Waals surface area contributed by atoms with Crippen molar-refractivity contribution in [1.29, 1.82) is 5.41 Å². The summed E-state index contributed by atoms with van der Waals surface area (Å²) in [7, 11) is 0. The van der Waals surface area contributed by atoms with E-state index in [1.165, 1.54) is 4.57 Å². The molecule has 1 aliphatic rings. The van der Waals surface area contributed by atoms with Crippen LogP contribution in [0.15, 0.2) is 40.3 Å². The molecule has 1 aromatic heterocycles. The maximum atomic E-state index is 12.2. The number of thiazole rings is 1. The molecule has 1 amide bonds. The molecule has 0 atom stereocenters. The average Bonchev–Trinajstić information content (AvgIpc) is 2.89. The fraction of sp³-hybridized carbons (Fsp3) is 0.0714. The van der Waals surface area contributed by atoms with Gasteiger partial charge in [-0.25, -0.2) is 4.99 Å². The summed E-state index contributed by atoms with van der Waals surface area (Å²) < 4.78 is 2.22. The zero-order valence-corrected chi connectivity index (χ0v) is 13.2. The summed E-state index contributed by atoms with van der Waals surface area (Å²) in [6, 6.07) is 5.34. The van der Waals surface area contributed by atoms with Crippen LogP contribution in [0.1, 0.15) is 4.88 Å². The van der Waals surface area contributed by atoms with E-state index in [2.05, 4.69) is 27.5 Å². The third kappa shape index (κ3) is 2.18. The molecule has 2 heterocycles. The van der Waals surface area contributed by atoms with E-state index in [1.807, 2.05) is 0 Å². The minimum atomic E-state index is -0.398. The van der Waals surface area contributed by atoms with E-state index < -0.39 is 5.91 Å². The Bertz CT molecular complexity index is 956. The van der Waals surface area contributed by atoms with Crippen LogP contribution in [0.2, 0.25) is 0 Å². The first-order chi connectivity index (χ1) is 10.0. The Morgan fingerprint density at radius 2 is 2.29 bits per heavy atom. The second-order valence-electron chi connectivity index (χ2n) is 4.41. The van der Waals surface area contributed by atoms with Gasteiger partial charge < -0.3 is 5.11 Å². The van der Waals surface area contributed by atoms with Gasteiger partial charge in [0.05, 0.1) is 10.9 Å². The molecule has 2 N–H and O–H groups in total. The quantitative estimate of drug-likeness (QED) is 0.799. The van der Waals surface area contributed by atoms with Crippen LogP contribution < -0.4 is 15.4 Å². The maximum Gasteiger partial charge on any atom is 0.279 e. The number of rotatable bonds is 3. The fourth-order valence-corrected chi connectivity index (χ4v) is 3.51. The standard InChI is InChI=1S/C14H10BrN3O2S/c1-2-5-18-13(20)11(21-14(18)16)10-8-6-7(15)3-4-9(8)17-12(10)19/h2-4,6,16,20H,1,5H2. The van der Waals surface area contributed by atoms with Crippen molar-refractivity contribution >= 4 is 38.7 Å². The van der Waals surface area contributed by atoms with Crippen molar-refractivity contribution < 1.29 is 9.90 Å². The van der Waals surface area contributed by atoms with Crippen LogP contribution in [0.5, 0.6) is 5.88 Å². The Hall–Kier alpha value is -1.99. The topological polar surface area (TPSA) is 78.4 Å². The lowest BCUT2D eigenvalue weighted by Crippen LogP contribution is -2.22. The van der Waals surface area contributed by atoms with Crippen LogP contribution in [0.25, 0.3) is 5.57 Å². The summed E-state index contributed by atoms with van der Waals surface area (Å²) in [4.78, 5) is 16.7. The van der Waals surface area contributed by atoms with Crippen LogP contribution >= 0.6 is 27.3 Å². The van der Waals surface area contributed by atoms with E-state index in [9.17, 15) is 9.90 Å². The normalized spacial score (nSPS) is 13.2. The van der Waals surface area contributed by atoms with Crippen LogP contribution in [-0.4, -0.2) is 15.6 Å². The van der Waals surface area contributed by atoms with Gasteiger partial charge in [0.15, 0.2) is 4.80 Å². The van der Waals surface area contributed by atoms with Gasteiger partial charge in [0, 0.05) is 16.2 Å². The largest absolute Gasteiger partial charge is 0.493 e. The second-order valence-corrected chi connectivity index (χ2v) is 6.33. The molecule has 5 nitrogen and oxygen atoms in total. The number of amides is 1. The van der Waals surface area contributed by atoms with E-state index in [1.54, 1.807) is 24.3 Å². The molecular weight excluding hydrogens is 354 g/mol. The first kappa shape index (κ1) is 14.0. The summed E-state index contributed by atoms with van der Waals surface area (Å²) in [5.41, 5.74) is 0.338. The van der Waals surface area contributed by atoms with Gasteiger partial charge >= 0.3 is 0 Å². The van der Waals surface area contributed by atoms with Crippen molar-refractivity contribution in [1.82, 2.24) is 4.57 Å². The molecule has 0 saturated heterocycles. The van der Waals surface area contributed by atoms with Gasteiger partial charge in [0.1, 0.15) is 4.88 Å². The van der Waals surface area contributed by atoms with Gasteiger partial charge in [0.2, 0.25) is 5.88 Å². The van der Waals surface area contributed by atoms with Crippen LogP contribution in [0.3, 0.4) is 0 Å². The Morgan fingerprint density at radius 3 is 3.00 bits per heavy atom. The van der Waals surface area contributed by atoms with E-state index in [-0.39, 0.29) is 10.7 Å². The predicted octanol–water partition coefficient (Wildman–Crippen LogP) is 1.04. The molecule has 106 valence electrons. The highest BCUT2D eigenvalue weighted by Crippen LogP contribution is 2.28. The van der Waals surface area contributed by atoms with Crippen LogP contribution in [-0.2, 0) is 11.3 Å². The number of hydrogen-bond acceptors (Lipinski definition) is 4. The first-order valence-corrected chi connectivity index (χ1v) is 7.65. The predicted molar refractivity (Wildman–Crippen MR) is 82.5 cm³/mol. The molecule has 0 bridgehead atoms. The number of fused-ring (bicyclic) bond motifs is 1.